The Morgan fingerprint density at radius 1 is 1.25 bits per heavy atom. The second-order valence-electron chi connectivity index (χ2n) is 5.31. The van der Waals surface area contributed by atoms with E-state index in [0.29, 0.717) is 6.42 Å². The summed E-state index contributed by atoms with van der Waals surface area (Å²) in [7, 11) is 0. The zero-order chi connectivity index (χ0) is 9.20. The van der Waals surface area contributed by atoms with Crippen LogP contribution in [0.1, 0.15) is 40.5 Å². The minimum absolute atomic E-state index is 0.127. The number of hydrogen-bond acceptors (Lipinski definition) is 2. The van der Waals surface area contributed by atoms with Gasteiger partial charge in [0.15, 0.2) is 11.4 Å². The van der Waals surface area contributed by atoms with Gasteiger partial charge in [-0.2, -0.15) is 0 Å². The van der Waals surface area contributed by atoms with Crippen LogP contribution in [0.4, 0.5) is 0 Å². The molecule has 0 amide bonds. The topological polar surface area (TPSA) is 29.6 Å². The summed E-state index contributed by atoms with van der Waals surface area (Å²) in [5.74, 6) is 0.279. The molecule has 2 atom stereocenters. The van der Waals surface area contributed by atoms with Gasteiger partial charge in [0.2, 0.25) is 0 Å². The third-order valence-corrected chi connectivity index (χ3v) is 3.38. The molecule has 68 valence electrons. The molecule has 0 aromatic carbocycles. The summed E-state index contributed by atoms with van der Waals surface area (Å²) in [5, 5.41) is 0. The van der Waals surface area contributed by atoms with Crippen LogP contribution in [0.15, 0.2) is 0 Å². The van der Waals surface area contributed by atoms with Gasteiger partial charge in [-0.05, 0) is 25.7 Å². The number of ketones is 1. The maximum Gasteiger partial charge on any atom is 0.167 e. The van der Waals surface area contributed by atoms with Crippen LogP contribution in [0, 0.1) is 5.41 Å². The van der Waals surface area contributed by atoms with Crippen molar-refractivity contribution in [2.45, 2.75) is 51.7 Å². The van der Waals surface area contributed by atoms with Crippen LogP contribution in [0.2, 0.25) is 0 Å². The summed E-state index contributed by atoms with van der Waals surface area (Å²) in [6.45, 7) is 8.24. The molecule has 1 saturated carbocycles. The minimum atomic E-state index is -0.442. The van der Waals surface area contributed by atoms with Crippen molar-refractivity contribution in [1.29, 1.82) is 0 Å². The predicted molar refractivity (Wildman–Crippen MR) is 45.9 cm³/mol. The largest absolute Gasteiger partial charge is 0.355 e. The Bertz CT molecular complexity index is 257. The minimum Gasteiger partial charge on any atom is -0.355 e. The first-order valence-electron chi connectivity index (χ1n) is 4.53. The molecule has 2 rings (SSSR count). The molecule has 2 fully saturated rings. The summed E-state index contributed by atoms with van der Waals surface area (Å²) in [6, 6.07) is 0. The van der Waals surface area contributed by atoms with E-state index in [9.17, 15) is 4.79 Å². The summed E-state index contributed by atoms with van der Waals surface area (Å²) < 4.78 is 5.55. The SMILES string of the molecule is CC1(C)CC(=O)C2(C)OC2(C)C1. The summed E-state index contributed by atoms with van der Waals surface area (Å²) >= 11 is 0. The van der Waals surface area contributed by atoms with Crippen molar-refractivity contribution in [3.63, 3.8) is 0 Å². The lowest BCUT2D eigenvalue weighted by molar-refractivity contribution is -0.126. The van der Waals surface area contributed by atoms with Gasteiger partial charge in [0.1, 0.15) is 5.60 Å². The van der Waals surface area contributed by atoms with E-state index in [1.165, 1.54) is 0 Å². The number of hydrogen-bond donors (Lipinski definition) is 0. The molecule has 1 heterocycles. The Morgan fingerprint density at radius 2 is 1.83 bits per heavy atom. The van der Waals surface area contributed by atoms with E-state index in [0.717, 1.165) is 6.42 Å². The van der Waals surface area contributed by atoms with Gasteiger partial charge >= 0.3 is 0 Å². The van der Waals surface area contributed by atoms with Crippen LogP contribution in [-0.2, 0) is 9.53 Å². The number of epoxide rings is 1. The van der Waals surface area contributed by atoms with E-state index in [4.69, 9.17) is 4.74 Å². The smallest absolute Gasteiger partial charge is 0.167 e. The first-order valence-corrected chi connectivity index (χ1v) is 4.53. The van der Waals surface area contributed by atoms with Gasteiger partial charge in [0, 0.05) is 6.42 Å². The lowest BCUT2D eigenvalue weighted by atomic mass is 9.68. The van der Waals surface area contributed by atoms with Gasteiger partial charge in [0.25, 0.3) is 0 Å². The van der Waals surface area contributed by atoms with Gasteiger partial charge in [0.05, 0.1) is 0 Å². The fraction of sp³-hybridized carbons (Fsp3) is 0.900. The number of ether oxygens (including phenoxy) is 1. The van der Waals surface area contributed by atoms with E-state index in [1.54, 1.807) is 0 Å². The molecule has 0 aromatic rings. The highest BCUT2D eigenvalue weighted by Gasteiger charge is 2.71. The monoisotopic (exact) mass is 168 g/mol. The summed E-state index contributed by atoms with van der Waals surface area (Å²) in [5.41, 5.74) is -0.476. The maximum atomic E-state index is 11.7. The normalized spacial score (nSPS) is 50.2. The Kier molecular flexibility index (Phi) is 1.21. The van der Waals surface area contributed by atoms with Crippen molar-refractivity contribution in [3.05, 3.63) is 0 Å². The van der Waals surface area contributed by atoms with Crippen molar-refractivity contribution in [1.82, 2.24) is 0 Å². The van der Waals surface area contributed by atoms with Gasteiger partial charge in [-0.1, -0.05) is 13.8 Å². The van der Waals surface area contributed by atoms with E-state index in [1.807, 2.05) is 13.8 Å². The number of carbonyl (C=O) groups excluding carboxylic acids is 1. The third kappa shape index (κ3) is 0.817. The van der Waals surface area contributed by atoms with Crippen LogP contribution in [0.5, 0.6) is 0 Å². The van der Waals surface area contributed by atoms with Crippen molar-refractivity contribution in [3.8, 4) is 0 Å². The molecule has 1 aliphatic heterocycles. The van der Waals surface area contributed by atoms with E-state index in [-0.39, 0.29) is 16.8 Å². The Labute approximate surface area is 73.3 Å². The molecule has 0 aromatic heterocycles. The average Bonchev–Trinajstić information content (AvgIpc) is 2.31. The van der Waals surface area contributed by atoms with Crippen LogP contribution < -0.4 is 0 Å². The first kappa shape index (κ1) is 8.24. The molecule has 2 unspecified atom stereocenters. The highest BCUT2D eigenvalue weighted by molar-refractivity contribution is 5.92. The second-order valence-corrected chi connectivity index (χ2v) is 5.31. The molecule has 1 aliphatic carbocycles. The summed E-state index contributed by atoms with van der Waals surface area (Å²) in [6.07, 6.45) is 1.67. The lowest BCUT2D eigenvalue weighted by Gasteiger charge is -2.32. The third-order valence-electron chi connectivity index (χ3n) is 3.38. The average molecular weight is 168 g/mol. The molecule has 2 heteroatoms. The lowest BCUT2D eigenvalue weighted by Crippen LogP contribution is -2.41. The fourth-order valence-corrected chi connectivity index (χ4v) is 2.56. The number of fused-ring (bicyclic) bond motifs is 1. The van der Waals surface area contributed by atoms with E-state index < -0.39 is 5.60 Å². The van der Waals surface area contributed by atoms with Crippen molar-refractivity contribution in [2.24, 2.45) is 5.41 Å². The fourth-order valence-electron chi connectivity index (χ4n) is 2.56. The van der Waals surface area contributed by atoms with Crippen LogP contribution >= 0.6 is 0 Å². The van der Waals surface area contributed by atoms with Crippen LogP contribution in [-0.4, -0.2) is 17.0 Å². The zero-order valence-corrected chi connectivity index (χ0v) is 8.23. The first-order chi connectivity index (χ1) is 5.29. The molecule has 12 heavy (non-hydrogen) atoms. The molecule has 2 aliphatic rings. The van der Waals surface area contributed by atoms with Crippen molar-refractivity contribution < 1.29 is 9.53 Å². The molecule has 0 spiro atoms. The standard InChI is InChI=1S/C10H16O2/c1-8(2)5-7(11)10(4)9(3,6-8)12-10/h5-6H2,1-4H3. The van der Waals surface area contributed by atoms with Gasteiger partial charge in [-0.3, -0.25) is 4.79 Å². The molecule has 0 radical (unpaired) electrons. The number of carbonyl (C=O) groups is 1. The molecular formula is C10H16O2. The van der Waals surface area contributed by atoms with Crippen LogP contribution in [0.25, 0.3) is 0 Å². The van der Waals surface area contributed by atoms with E-state index in [2.05, 4.69) is 13.8 Å². The second kappa shape index (κ2) is 1.77. The van der Waals surface area contributed by atoms with Crippen molar-refractivity contribution in [2.75, 3.05) is 0 Å². The Balaban J connectivity index is 2.30. The summed E-state index contributed by atoms with van der Waals surface area (Å²) in [4.78, 5) is 11.7. The Morgan fingerprint density at radius 3 is 2.33 bits per heavy atom. The molecular weight excluding hydrogens is 152 g/mol. The Hall–Kier alpha value is -0.370. The molecule has 0 N–H and O–H groups in total. The number of rotatable bonds is 0. The molecule has 0 bridgehead atoms. The highest BCUT2D eigenvalue weighted by Crippen LogP contribution is 2.59. The maximum absolute atomic E-state index is 11.7. The quantitative estimate of drug-likeness (QED) is 0.517. The van der Waals surface area contributed by atoms with Gasteiger partial charge in [-0.25, -0.2) is 0 Å². The van der Waals surface area contributed by atoms with Crippen molar-refractivity contribution >= 4 is 5.78 Å². The van der Waals surface area contributed by atoms with E-state index >= 15 is 0 Å². The van der Waals surface area contributed by atoms with Crippen LogP contribution in [0.3, 0.4) is 0 Å². The molecule has 1 saturated heterocycles. The van der Waals surface area contributed by atoms with Gasteiger partial charge < -0.3 is 4.74 Å². The zero-order valence-electron chi connectivity index (χ0n) is 8.23. The highest BCUT2D eigenvalue weighted by atomic mass is 16.6. The number of Topliss-reactive ketones (excluding diaryl/α,β-unsaturated/α-hetero) is 1. The molecule has 2 nitrogen and oxygen atoms in total. The predicted octanol–water partition coefficient (Wildman–Crippen LogP) is 1.92. The van der Waals surface area contributed by atoms with Gasteiger partial charge in [-0.15, -0.1) is 0 Å².